The van der Waals surface area contributed by atoms with E-state index in [1.807, 2.05) is 58.6 Å². The summed E-state index contributed by atoms with van der Waals surface area (Å²) in [7, 11) is 1.33. The Labute approximate surface area is 194 Å². The van der Waals surface area contributed by atoms with Crippen LogP contribution in [-0.4, -0.2) is 28.4 Å². The van der Waals surface area contributed by atoms with Crippen molar-refractivity contribution in [2.24, 2.45) is 0 Å². The molecule has 0 aliphatic heterocycles. The molecule has 2 aromatic heterocycles. The van der Waals surface area contributed by atoms with Crippen LogP contribution in [0.4, 0.5) is 0 Å². The lowest BCUT2D eigenvalue weighted by Gasteiger charge is -2.08. The number of nitrogens with zero attached hydrogens (tertiary/aromatic N) is 2. The highest BCUT2D eigenvalue weighted by Gasteiger charge is 2.14. The molecule has 0 bridgehead atoms. The fraction of sp³-hybridized carbons (Fsp3) is 0.0800. The molecule has 0 saturated heterocycles. The maximum absolute atomic E-state index is 13.0. The van der Waals surface area contributed by atoms with Gasteiger partial charge < -0.3 is 9.30 Å². The maximum atomic E-state index is 13.0. The van der Waals surface area contributed by atoms with E-state index in [0.717, 1.165) is 10.6 Å². The number of ketones is 1. The topological polar surface area (TPSA) is 61.2 Å². The van der Waals surface area contributed by atoms with Crippen LogP contribution in [0.2, 0.25) is 5.02 Å². The first-order valence-electron chi connectivity index (χ1n) is 9.81. The predicted octanol–water partition coefficient (Wildman–Crippen LogP) is 6.00. The van der Waals surface area contributed by atoms with Gasteiger partial charge in [0.1, 0.15) is 5.01 Å². The van der Waals surface area contributed by atoms with Crippen molar-refractivity contribution < 1.29 is 14.3 Å². The number of carbonyl (C=O) groups excluding carboxylic acids is 2. The zero-order chi connectivity index (χ0) is 22.5. The van der Waals surface area contributed by atoms with Gasteiger partial charge in [0, 0.05) is 40.5 Å². The van der Waals surface area contributed by atoms with Crippen LogP contribution in [0.25, 0.3) is 16.6 Å². The van der Waals surface area contributed by atoms with Crippen LogP contribution in [0.5, 0.6) is 0 Å². The first-order valence-corrected chi connectivity index (χ1v) is 11.1. The second-order valence-electron chi connectivity index (χ2n) is 6.92. The number of thiazole rings is 1. The number of allylic oxidation sites excluding steroid dienone is 1. The smallest absolute Gasteiger partial charge is 0.338 e. The average molecular weight is 463 g/mol. The van der Waals surface area contributed by atoms with Crippen LogP contribution < -0.4 is 0 Å². The molecule has 2 heterocycles. The van der Waals surface area contributed by atoms with Crippen LogP contribution in [0.1, 0.15) is 32.0 Å². The standard InChI is InChI=1S/C25H19ClN2O3S/c1-31-25(30)21-16-20(26)11-10-17(21)4-2-13-28-14-3-5-22(28)23(29)18-6-8-19(9-7-18)24-27-12-15-32-24/h2-12,14-16H,13H2,1H3/b4-2+. The normalized spacial score (nSPS) is 11.1. The molecule has 0 atom stereocenters. The van der Waals surface area contributed by atoms with E-state index in [9.17, 15) is 9.59 Å². The molecule has 7 heteroatoms. The van der Waals surface area contributed by atoms with E-state index in [1.165, 1.54) is 7.11 Å². The van der Waals surface area contributed by atoms with Crippen molar-refractivity contribution in [3.8, 4) is 10.6 Å². The zero-order valence-corrected chi connectivity index (χ0v) is 18.8. The van der Waals surface area contributed by atoms with Gasteiger partial charge in [0.25, 0.3) is 0 Å². The SMILES string of the molecule is COC(=O)c1cc(Cl)ccc1/C=C/Cn1cccc1C(=O)c1ccc(-c2nccs2)cc1. The molecule has 0 saturated carbocycles. The molecule has 0 unspecified atom stereocenters. The van der Waals surface area contributed by atoms with Crippen molar-refractivity contribution in [2.75, 3.05) is 7.11 Å². The first kappa shape index (κ1) is 21.7. The van der Waals surface area contributed by atoms with Gasteiger partial charge >= 0.3 is 5.97 Å². The average Bonchev–Trinajstić information content (AvgIpc) is 3.51. The number of halogens is 1. The fourth-order valence-corrected chi connectivity index (χ4v) is 4.13. The Hall–Kier alpha value is -3.48. The van der Waals surface area contributed by atoms with E-state index in [1.54, 1.807) is 41.8 Å². The van der Waals surface area contributed by atoms with E-state index in [4.69, 9.17) is 16.3 Å². The van der Waals surface area contributed by atoms with Gasteiger partial charge in [-0.2, -0.15) is 0 Å². The Morgan fingerprint density at radius 2 is 1.97 bits per heavy atom. The van der Waals surface area contributed by atoms with Gasteiger partial charge in [0.15, 0.2) is 0 Å². The molecule has 4 aromatic rings. The third-order valence-electron chi connectivity index (χ3n) is 4.91. The summed E-state index contributed by atoms with van der Waals surface area (Å²) in [6, 6.07) is 16.2. The maximum Gasteiger partial charge on any atom is 0.338 e. The van der Waals surface area contributed by atoms with Crippen molar-refractivity contribution in [2.45, 2.75) is 6.54 Å². The van der Waals surface area contributed by atoms with Crippen molar-refractivity contribution in [1.29, 1.82) is 0 Å². The van der Waals surface area contributed by atoms with Crippen LogP contribution in [0.3, 0.4) is 0 Å². The molecule has 0 aliphatic carbocycles. The lowest BCUT2D eigenvalue weighted by atomic mass is 10.1. The van der Waals surface area contributed by atoms with Gasteiger partial charge in [-0.25, -0.2) is 9.78 Å². The van der Waals surface area contributed by atoms with E-state index in [0.29, 0.717) is 34.0 Å². The lowest BCUT2D eigenvalue weighted by Crippen LogP contribution is -2.09. The highest BCUT2D eigenvalue weighted by molar-refractivity contribution is 7.13. The van der Waals surface area contributed by atoms with E-state index >= 15 is 0 Å². The van der Waals surface area contributed by atoms with E-state index < -0.39 is 5.97 Å². The number of ether oxygens (including phenoxy) is 1. The van der Waals surface area contributed by atoms with E-state index in [2.05, 4.69) is 4.98 Å². The third kappa shape index (κ3) is 4.72. The summed E-state index contributed by atoms with van der Waals surface area (Å²) in [6.45, 7) is 0.467. The number of hydrogen-bond acceptors (Lipinski definition) is 5. The van der Waals surface area contributed by atoms with Gasteiger partial charge in [-0.05, 0) is 29.8 Å². The fourth-order valence-electron chi connectivity index (χ4n) is 3.31. The molecule has 0 spiro atoms. The minimum absolute atomic E-state index is 0.0594. The number of benzene rings is 2. The molecule has 0 aliphatic rings. The molecule has 160 valence electrons. The molecule has 0 fully saturated rings. The number of aromatic nitrogens is 2. The minimum Gasteiger partial charge on any atom is -0.465 e. The highest BCUT2D eigenvalue weighted by atomic mass is 35.5. The number of hydrogen-bond donors (Lipinski definition) is 0. The highest BCUT2D eigenvalue weighted by Crippen LogP contribution is 2.23. The molecule has 0 N–H and O–H groups in total. The number of rotatable bonds is 7. The Kier molecular flexibility index (Phi) is 6.63. The first-order chi connectivity index (χ1) is 15.6. The molecular formula is C25H19ClN2O3S. The van der Waals surface area contributed by atoms with Crippen molar-refractivity contribution >= 4 is 40.8 Å². The van der Waals surface area contributed by atoms with Gasteiger partial charge in [-0.15, -0.1) is 11.3 Å². The van der Waals surface area contributed by atoms with E-state index in [-0.39, 0.29) is 5.78 Å². The molecule has 2 aromatic carbocycles. The second kappa shape index (κ2) is 9.77. The van der Waals surface area contributed by atoms with Crippen LogP contribution >= 0.6 is 22.9 Å². The molecular weight excluding hydrogens is 444 g/mol. The summed E-state index contributed by atoms with van der Waals surface area (Å²) in [5.74, 6) is -0.513. The summed E-state index contributed by atoms with van der Waals surface area (Å²) >= 11 is 7.57. The quantitative estimate of drug-likeness (QED) is 0.250. The molecule has 32 heavy (non-hydrogen) atoms. The minimum atomic E-state index is -0.454. The summed E-state index contributed by atoms with van der Waals surface area (Å²) in [6.07, 6.45) is 7.32. The Balaban J connectivity index is 1.51. The Bertz CT molecular complexity index is 1280. The Morgan fingerprint density at radius 3 is 2.69 bits per heavy atom. The Morgan fingerprint density at radius 1 is 1.16 bits per heavy atom. The van der Waals surface area contributed by atoms with Gasteiger partial charge in [0.05, 0.1) is 18.4 Å². The summed E-state index contributed by atoms with van der Waals surface area (Å²) < 4.78 is 6.69. The van der Waals surface area contributed by atoms with Crippen molar-refractivity contribution in [3.05, 3.63) is 106 Å². The largest absolute Gasteiger partial charge is 0.465 e. The van der Waals surface area contributed by atoms with Gasteiger partial charge in [-0.3, -0.25) is 4.79 Å². The second-order valence-corrected chi connectivity index (χ2v) is 8.25. The number of carbonyl (C=O) groups is 2. The molecule has 4 rings (SSSR count). The van der Waals surface area contributed by atoms with Gasteiger partial charge in [-0.1, -0.05) is 54.1 Å². The van der Waals surface area contributed by atoms with Crippen molar-refractivity contribution in [3.63, 3.8) is 0 Å². The molecule has 0 amide bonds. The summed E-state index contributed by atoms with van der Waals surface area (Å²) in [4.78, 5) is 29.4. The van der Waals surface area contributed by atoms with Crippen molar-refractivity contribution in [1.82, 2.24) is 9.55 Å². The predicted molar refractivity (Wildman–Crippen MR) is 127 cm³/mol. The number of methoxy groups -OCH3 is 1. The van der Waals surface area contributed by atoms with Crippen LogP contribution in [-0.2, 0) is 11.3 Å². The third-order valence-corrected chi connectivity index (χ3v) is 5.97. The van der Waals surface area contributed by atoms with Crippen LogP contribution in [0.15, 0.2) is 78.4 Å². The zero-order valence-electron chi connectivity index (χ0n) is 17.2. The molecule has 5 nitrogen and oxygen atoms in total. The number of esters is 1. The van der Waals surface area contributed by atoms with Crippen LogP contribution in [0, 0.1) is 0 Å². The summed E-state index contributed by atoms with van der Waals surface area (Å²) in [5.41, 5.74) is 3.26. The molecule has 0 radical (unpaired) electrons. The monoisotopic (exact) mass is 462 g/mol. The van der Waals surface area contributed by atoms with Gasteiger partial charge in [0.2, 0.25) is 5.78 Å². The lowest BCUT2D eigenvalue weighted by molar-refractivity contribution is 0.0600. The summed E-state index contributed by atoms with van der Waals surface area (Å²) in [5, 5.41) is 3.31.